The molecule has 24 heavy (non-hydrogen) atoms. The Morgan fingerprint density at radius 1 is 1.12 bits per heavy atom. The van der Waals surface area contributed by atoms with Gasteiger partial charge in [0.25, 0.3) is 5.91 Å². The predicted octanol–water partition coefficient (Wildman–Crippen LogP) is 4.86. The molecule has 0 saturated carbocycles. The SMILES string of the molecule is CC(C)(Oc1ccc(Cl)cc1)C(=O)N1CCCC1c1ccccc1. The van der Waals surface area contributed by atoms with Gasteiger partial charge in [0.05, 0.1) is 6.04 Å². The highest BCUT2D eigenvalue weighted by Crippen LogP contribution is 2.34. The van der Waals surface area contributed by atoms with Crippen LogP contribution in [-0.2, 0) is 4.79 Å². The van der Waals surface area contributed by atoms with E-state index in [1.807, 2.05) is 36.9 Å². The second-order valence-electron chi connectivity index (χ2n) is 6.63. The van der Waals surface area contributed by atoms with Gasteiger partial charge in [-0.2, -0.15) is 0 Å². The van der Waals surface area contributed by atoms with Gasteiger partial charge in [-0.1, -0.05) is 41.9 Å². The molecule has 1 fully saturated rings. The summed E-state index contributed by atoms with van der Waals surface area (Å²) < 4.78 is 5.97. The van der Waals surface area contributed by atoms with Crippen molar-refractivity contribution in [1.82, 2.24) is 4.90 Å². The fourth-order valence-corrected chi connectivity index (χ4v) is 3.34. The third kappa shape index (κ3) is 3.57. The van der Waals surface area contributed by atoms with Gasteiger partial charge in [0.1, 0.15) is 5.75 Å². The van der Waals surface area contributed by atoms with Crippen molar-refractivity contribution in [2.45, 2.75) is 38.3 Å². The summed E-state index contributed by atoms with van der Waals surface area (Å²) in [5.74, 6) is 0.664. The zero-order valence-corrected chi connectivity index (χ0v) is 14.8. The number of hydrogen-bond acceptors (Lipinski definition) is 2. The van der Waals surface area contributed by atoms with Crippen LogP contribution in [0, 0.1) is 0 Å². The molecule has 2 aromatic carbocycles. The van der Waals surface area contributed by atoms with Gasteiger partial charge >= 0.3 is 0 Å². The largest absolute Gasteiger partial charge is 0.478 e. The average molecular weight is 344 g/mol. The number of halogens is 1. The van der Waals surface area contributed by atoms with Gasteiger partial charge in [-0.25, -0.2) is 0 Å². The van der Waals surface area contributed by atoms with Crippen molar-refractivity contribution in [2.75, 3.05) is 6.54 Å². The van der Waals surface area contributed by atoms with Gasteiger partial charge in [-0.3, -0.25) is 4.79 Å². The van der Waals surface area contributed by atoms with Crippen LogP contribution in [0.25, 0.3) is 0 Å². The molecule has 1 heterocycles. The van der Waals surface area contributed by atoms with E-state index in [4.69, 9.17) is 16.3 Å². The van der Waals surface area contributed by atoms with E-state index in [2.05, 4.69) is 12.1 Å². The highest BCUT2D eigenvalue weighted by molar-refractivity contribution is 6.30. The Hall–Kier alpha value is -2.00. The lowest BCUT2D eigenvalue weighted by Gasteiger charge is -2.33. The van der Waals surface area contributed by atoms with Crippen molar-refractivity contribution in [3.63, 3.8) is 0 Å². The van der Waals surface area contributed by atoms with E-state index in [9.17, 15) is 4.79 Å². The highest BCUT2D eigenvalue weighted by atomic mass is 35.5. The summed E-state index contributed by atoms with van der Waals surface area (Å²) in [5, 5.41) is 0.648. The molecule has 0 aliphatic carbocycles. The summed E-state index contributed by atoms with van der Waals surface area (Å²) in [6, 6.07) is 17.4. The first-order valence-corrected chi connectivity index (χ1v) is 8.66. The van der Waals surface area contributed by atoms with Crippen molar-refractivity contribution in [3.05, 3.63) is 65.2 Å². The number of likely N-dealkylation sites (tertiary alicyclic amines) is 1. The number of nitrogens with zero attached hydrogens (tertiary/aromatic N) is 1. The quantitative estimate of drug-likeness (QED) is 0.793. The fourth-order valence-electron chi connectivity index (χ4n) is 3.22. The summed E-state index contributed by atoms with van der Waals surface area (Å²) >= 11 is 5.91. The van der Waals surface area contributed by atoms with E-state index in [0.717, 1.165) is 19.4 Å². The van der Waals surface area contributed by atoms with Crippen LogP contribution in [-0.4, -0.2) is 23.0 Å². The number of hydrogen-bond donors (Lipinski definition) is 0. The fraction of sp³-hybridized carbons (Fsp3) is 0.350. The molecule has 0 N–H and O–H groups in total. The number of amides is 1. The Balaban J connectivity index is 1.77. The number of ether oxygens (including phenoxy) is 1. The van der Waals surface area contributed by atoms with Crippen molar-refractivity contribution >= 4 is 17.5 Å². The van der Waals surface area contributed by atoms with Crippen LogP contribution in [0.3, 0.4) is 0 Å². The first-order valence-electron chi connectivity index (χ1n) is 8.28. The third-order valence-electron chi connectivity index (χ3n) is 4.40. The third-order valence-corrected chi connectivity index (χ3v) is 4.65. The van der Waals surface area contributed by atoms with E-state index < -0.39 is 5.60 Å². The number of carbonyl (C=O) groups is 1. The van der Waals surface area contributed by atoms with E-state index >= 15 is 0 Å². The molecular weight excluding hydrogens is 322 g/mol. The maximum Gasteiger partial charge on any atom is 0.266 e. The van der Waals surface area contributed by atoms with E-state index in [0.29, 0.717) is 10.8 Å². The molecule has 126 valence electrons. The zero-order chi connectivity index (χ0) is 17.2. The lowest BCUT2D eigenvalue weighted by Crippen LogP contribution is -2.48. The second kappa shape index (κ2) is 6.86. The number of benzene rings is 2. The maximum absolute atomic E-state index is 13.1. The zero-order valence-electron chi connectivity index (χ0n) is 14.0. The van der Waals surface area contributed by atoms with Crippen LogP contribution in [0.1, 0.15) is 38.3 Å². The highest BCUT2D eigenvalue weighted by Gasteiger charge is 2.39. The molecule has 3 nitrogen and oxygen atoms in total. The Labute approximate surface area is 148 Å². The van der Waals surface area contributed by atoms with Crippen LogP contribution >= 0.6 is 11.6 Å². The predicted molar refractivity (Wildman–Crippen MR) is 96.3 cm³/mol. The summed E-state index contributed by atoms with van der Waals surface area (Å²) in [6.07, 6.45) is 2.01. The Morgan fingerprint density at radius 3 is 2.46 bits per heavy atom. The van der Waals surface area contributed by atoms with E-state index in [-0.39, 0.29) is 11.9 Å². The summed E-state index contributed by atoms with van der Waals surface area (Å²) in [4.78, 5) is 15.0. The topological polar surface area (TPSA) is 29.5 Å². The van der Waals surface area contributed by atoms with Gasteiger partial charge in [0, 0.05) is 11.6 Å². The van der Waals surface area contributed by atoms with Gasteiger partial charge < -0.3 is 9.64 Å². The van der Waals surface area contributed by atoms with Crippen molar-refractivity contribution < 1.29 is 9.53 Å². The molecule has 1 aliphatic heterocycles. The molecule has 0 aromatic heterocycles. The van der Waals surface area contributed by atoms with Crippen molar-refractivity contribution in [2.24, 2.45) is 0 Å². The van der Waals surface area contributed by atoms with Gasteiger partial charge in [-0.15, -0.1) is 0 Å². The van der Waals surface area contributed by atoms with Crippen LogP contribution in [0.2, 0.25) is 5.02 Å². The molecule has 1 unspecified atom stereocenters. The van der Waals surface area contributed by atoms with E-state index in [1.165, 1.54) is 5.56 Å². The summed E-state index contributed by atoms with van der Waals surface area (Å²) in [6.45, 7) is 4.42. The molecule has 4 heteroatoms. The van der Waals surface area contributed by atoms with Crippen molar-refractivity contribution in [3.8, 4) is 5.75 Å². The minimum absolute atomic E-state index is 0.0174. The standard InChI is InChI=1S/C20H22ClNO2/c1-20(2,24-17-12-10-16(21)11-13-17)19(23)22-14-6-9-18(22)15-7-4-3-5-8-15/h3-5,7-8,10-13,18H,6,9,14H2,1-2H3. The monoisotopic (exact) mass is 343 g/mol. The smallest absolute Gasteiger partial charge is 0.266 e. The van der Waals surface area contributed by atoms with E-state index in [1.54, 1.807) is 24.3 Å². The lowest BCUT2D eigenvalue weighted by atomic mass is 10.0. The normalized spacial score (nSPS) is 17.8. The minimum atomic E-state index is -0.925. The Bertz CT molecular complexity index is 697. The molecule has 2 aromatic rings. The van der Waals surface area contributed by atoms with Gasteiger partial charge in [0.2, 0.25) is 0 Å². The van der Waals surface area contributed by atoms with Gasteiger partial charge in [-0.05, 0) is 56.5 Å². The molecule has 0 bridgehead atoms. The first-order chi connectivity index (χ1) is 11.5. The Kier molecular flexibility index (Phi) is 4.81. The summed E-state index contributed by atoms with van der Waals surface area (Å²) in [7, 11) is 0. The number of rotatable bonds is 4. The van der Waals surface area contributed by atoms with Crippen LogP contribution in [0.5, 0.6) is 5.75 Å². The molecule has 1 amide bonds. The molecular formula is C20H22ClNO2. The van der Waals surface area contributed by atoms with Crippen LogP contribution in [0.4, 0.5) is 0 Å². The molecule has 1 aliphatic rings. The van der Waals surface area contributed by atoms with Crippen LogP contribution < -0.4 is 4.74 Å². The second-order valence-corrected chi connectivity index (χ2v) is 7.07. The molecule has 1 atom stereocenters. The maximum atomic E-state index is 13.1. The lowest BCUT2D eigenvalue weighted by molar-refractivity contribution is -0.146. The number of carbonyl (C=O) groups excluding carboxylic acids is 1. The van der Waals surface area contributed by atoms with Gasteiger partial charge in [0.15, 0.2) is 5.60 Å². The Morgan fingerprint density at radius 2 is 1.79 bits per heavy atom. The molecule has 0 radical (unpaired) electrons. The molecule has 3 rings (SSSR count). The average Bonchev–Trinajstić information content (AvgIpc) is 3.06. The van der Waals surface area contributed by atoms with Crippen LogP contribution in [0.15, 0.2) is 54.6 Å². The molecule has 0 spiro atoms. The van der Waals surface area contributed by atoms with Crippen molar-refractivity contribution in [1.29, 1.82) is 0 Å². The summed E-state index contributed by atoms with van der Waals surface area (Å²) in [5.41, 5.74) is 0.260. The first kappa shape index (κ1) is 16.8. The minimum Gasteiger partial charge on any atom is -0.478 e. The molecule has 1 saturated heterocycles.